The average Bonchev–Trinajstić information content (AvgIpc) is 2.91. The fraction of sp³-hybridized carbons (Fsp3) is 0.471. The number of thioether (sulfide) groups is 1. The standard InChI is InChI=1S/C17H23N3O3S.ClH/c1-3-17(18,4-2)11-19-15(22)13-7-5-6-12(8-13)9-20-14(21)10-24-16(20)23;/h5-8H,3-4,9-11,18H2,1-2H3,(H,19,22);1H. The Bertz CT molecular complexity index is 634. The number of hydrogen-bond donors (Lipinski definition) is 2. The van der Waals surface area contributed by atoms with E-state index in [0.29, 0.717) is 12.1 Å². The molecule has 0 aromatic heterocycles. The third-order valence-electron chi connectivity index (χ3n) is 4.38. The molecular weight excluding hydrogens is 362 g/mol. The van der Waals surface area contributed by atoms with Crippen LogP contribution in [0.25, 0.3) is 0 Å². The molecule has 0 spiro atoms. The number of nitrogens with two attached hydrogens (primary N) is 1. The first-order chi connectivity index (χ1) is 11.4. The number of rotatable bonds is 7. The minimum atomic E-state index is -0.404. The van der Waals surface area contributed by atoms with Crippen molar-refractivity contribution in [3.8, 4) is 0 Å². The lowest BCUT2D eigenvalue weighted by molar-refractivity contribution is -0.125. The van der Waals surface area contributed by atoms with Gasteiger partial charge < -0.3 is 11.1 Å². The molecule has 1 saturated heterocycles. The highest BCUT2D eigenvalue weighted by Crippen LogP contribution is 2.21. The predicted molar refractivity (Wildman–Crippen MR) is 102 cm³/mol. The van der Waals surface area contributed by atoms with Crippen LogP contribution in [0.4, 0.5) is 4.79 Å². The molecular formula is C17H24ClN3O3S. The second kappa shape index (κ2) is 9.22. The van der Waals surface area contributed by atoms with Crippen molar-refractivity contribution in [1.82, 2.24) is 10.2 Å². The van der Waals surface area contributed by atoms with Crippen LogP contribution in [0.15, 0.2) is 24.3 Å². The van der Waals surface area contributed by atoms with Gasteiger partial charge in [0.15, 0.2) is 0 Å². The Labute approximate surface area is 158 Å². The van der Waals surface area contributed by atoms with Gasteiger partial charge in [-0.3, -0.25) is 19.3 Å². The van der Waals surface area contributed by atoms with Gasteiger partial charge in [-0.25, -0.2) is 0 Å². The fourth-order valence-corrected chi connectivity index (χ4v) is 3.11. The Morgan fingerprint density at radius 2 is 2.00 bits per heavy atom. The molecule has 1 heterocycles. The molecule has 2 rings (SSSR count). The number of carbonyl (C=O) groups excluding carboxylic acids is 3. The van der Waals surface area contributed by atoms with Gasteiger partial charge in [-0.15, -0.1) is 12.4 Å². The zero-order chi connectivity index (χ0) is 17.7. The largest absolute Gasteiger partial charge is 0.350 e. The second-order valence-electron chi connectivity index (χ2n) is 5.99. The summed E-state index contributed by atoms with van der Waals surface area (Å²) in [5, 5.41) is 2.62. The number of benzene rings is 1. The first-order valence-corrected chi connectivity index (χ1v) is 9.00. The average molecular weight is 386 g/mol. The van der Waals surface area contributed by atoms with Crippen molar-refractivity contribution in [2.75, 3.05) is 12.3 Å². The molecule has 25 heavy (non-hydrogen) atoms. The smallest absolute Gasteiger partial charge is 0.289 e. The summed E-state index contributed by atoms with van der Waals surface area (Å²) in [6, 6.07) is 6.95. The quantitative estimate of drug-likeness (QED) is 0.752. The molecule has 0 bridgehead atoms. The number of hydrogen-bond acceptors (Lipinski definition) is 5. The monoisotopic (exact) mass is 385 g/mol. The van der Waals surface area contributed by atoms with Crippen LogP contribution in [-0.2, 0) is 11.3 Å². The maximum Gasteiger partial charge on any atom is 0.289 e. The van der Waals surface area contributed by atoms with Gasteiger partial charge in [-0.2, -0.15) is 0 Å². The highest BCUT2D eigenvalue weighted by atomic mass is 35.5. The molecule has 0 atom stereocenters. The van der Waals surface area contributed by atoms with Crippen LogP contribution in [0.3, 0.4) is 0 Å². The van der Waals surface area contributed by atoms with Gasteiger partial charge in [0.05, 0.1) is 12.3 Å². The van der Waals surface area contributed by atoms with Crippen LogP contribution in [0.5, 0.6) is 0 Å². The first kappa shape index (κ1) is 21.5. The van der Waals surface area contributed by atoms with Crippen LogP contribution in [0.2, 0.25) is 0 Å². The third-order valence-corrected chi connectivity index (χ3v) is 5.24. The lowest BCUT2D eigenvalue weighted by Crippen LogP contribution is -2.49. The van der Waals surface area contributed by atoms with E-state index in [1.165, 1.54) is 4.90 Å². The van der Waals surface area contributed by atoms with E-state index in [4.69, 9.17) is 5.73 Å². The minimum absolute atomic E-state index is 0. The molecule has 8 heteroatoms. The molecule has 138 valence electrons. The summed E-state index contributed by atoms with van der Waals surface area (Å²) in [6.45, 7) is 4.59. The van der Waals surface area contributed by atoms with E-state index in [9.17, 15) is 14.4 Å². The van der Waals surface area contributed by atoms with Gasteiger partial charge in [0.1, 0.15) is 0 Å². The van der Waals surface area contributed by atoms with E-state index in [-0.39, 0.29) is 41.8 Å². The molecule has 1 aliphatic rings. The van der Waals surface area contributed by atoms with E-state index in [2.05, 4.69) is 5.32 Å². The summed E-state index contributed by atoms with van der Waals surface area (Å²) in [7, 11) is 0. The third kappa shape index (κ3) is 5.45. The second-order valence-corrected chi connectivity index (χ2v) is 6.91. The van der Waals surface area contributed by atoms with E-state index in [1.54, 1.807) is 24.3 Å². The van der Waals surface area contributed by atoms with Crippen LogP contribution >= 0.6 is 24.2 Å². The van der Waals surface area contributed by atoms with Crippen LogP contribution in [0, 0.1) is 0 Å². The van der Waals surface area contributed by atoms with Crippen LogP contribution in [0.1, 0.15) is 42.6 Å². The maximum absolute atomic E-state index is 12.3. The Balaban J connectivity index is 0.00000312. The molecule has 0 saturated carbocycles. The topological polar surface area (TPSA) is 92.5 Å². The van der Waals surface area contributed by atoms with Crippen LogP contribution in [-0.4, -0.2) is 39.8 Å². The minimum Gasteiger partial charge on any atom is -0.350 e. The predicted octanol–water partition coefficient (Wildman–Crippen LogP) is 2.55. The number of nitrogens with one attached hydrogen (secondary N) is 1. The van der Waals surface area contributed by atoms with Gasteiger partial charge in [-0.05, 0) is 30.5 Å². The van der Waals surface area contributed by atoms with E-state index >= 15 is 0 Å². The Kier molecular flexibility index (Phi) is 7.92. The summed E-state index contributed by atoms with van der Waals surface area (Å²) in [5.74, 6) is -0.216. The van der Waals surface area contributed by atoms with Gasteiger partial charge in [0.25, 0.3) is 11.1 Å². The zero-order valence-corrected chi connectivity index (χ0v) is 16.0. The highest BCUT2D eigenvalue weighted by Gasteiger charge is 2.29. The SMILES string of the molecule is CCC(N)(CC)CNC(=O)c1cccc(CN2C(=O)CSC2=O)c1.Cl. The highest BCUT2D eigenvalue weighted by molar-refractivity contribution is 8.14. The summed E-state index contributed by atoms with van der Waals surface area (Å²) >= 11 is 1.00. The van der Waals surface area contributed by atoms with Crippen molar-refractivity contribution in [3.05, 3.63) is 35.4 Å². The molecule has 0 aliphatic carbocycles. The number of halogens is 1. The summed E-state index contributed by atoms with van der Waals surface area (Å²) in [4.78, 5) is 36.9. The molecule has 1 aliphatic heterocycles. The molecule has 1 aromatic rings. The van der Waals surface area contributed by atoms with Gasteiger partial charge >= 0.3 is 0 Å². The Morgan fingerprint density at radius 3 is 2.56 bits per heavy atom. The molecule has 1 aromatic carbocycles. The molecule has 3 N–H and O–H groups in total. The van der Waals surface area contributed by atoms with E-state index in [0.717, 1.165) is 30.2 Å². The lowest BCUT2D eigenvalue weighted by atomic mass is 9.94. The molecule has 0 radical (unpaired) electrons. The first-order valence-electron chi connectivity index (χ1n) is 8.01. The summed E-state index contributed by atoms with van der Waals surface area (Å²) in [5.41, 5.74) is 7.03. The maximum atomic E-state index is 12.3. The van der Waals surface area contributed by atoms with Crippen molar-refractivity contribution < 1.29 is 14.4 Å². The normalized spacial score (nSPS) is 14.4. The van der Waals surface area contributed by atoms with Crippen molar-refractivity contribution in [2.45, 2.75) is 38.8 Å². The molecule has 6 nitrogen and oxygen atoms in total. The number of nitrogens with zero attached hydrogens (tertiary/aromatic N) is 1. The molecule has 3 amide bonds. The lowest BCUT2D eigenvalue weighted by Gasteiger charge is -2.26. The van der Waals surface area contributed by atoms with Gasteiger partial charge in [-0.1, -0.05) is 37.7 Å². The van der Waals surface area contributed by atoms with Crippen molar-refractivity contribution in [2.24, 2.45) is 5.73 Å². The fourth-order valence-electron chi connectivity index (χ4n) is 2.39. The van der Waals surface area contributed by atoms with Crippen molar-refractivity contribution in [3.63, 3.8) is 0 Å². The molecule has 0 unspecified atom stereocenters. The Morgan fingerprint density at radius 1 is 1.32 bits per heavy atom. The van der Waals surface area contributed by atoms with Crippen molar-refractivity contribution >= 4 is 41.2 Å². The van der Waals surface area contributed by atoms with E-state index in [1.807, 2.05) is 13.8 Å². The molecule has 1 fully saturated rings. The van der Waals surface area contributed by atoms with E-state index < -0.39 is 5.54 Å². The van der Waals surface area contributed by atoms with Gasteiger partial charge in [0, 0.05) is 17.6 Å². The Hall–Kier alpha value is -1.57. The number of amides is 3. The van der Waals surface area contributed by atoms with Crippen molar-refractivity contribution in [1.29, 1.82) is 0 Å². The summed E-state index contributed by atoms with van der Waals surface area (Å²) < 4.78 is 0. The number of carbonyl (C=O) groups is 3. The number of imide groups is 1. The zero-order valence-electron chi connectivity index (χ0n) is 14.4. The van der Waals surface area contributed by atoms with Gasteiger partial charge in [0.2, 0.25) is 5.91 Å². The van der Waals surface area contributed by atoms with Crippen LogP contribution < -0.4 is 11.1 Å². The summed E-state index contributed by atoms with van der Waals surface area (Å²) in [6.07, 6.45) is 1.56.